The second-order valence-corrected chi connectivity index (χ2v) is 4.15. The Balaban J connectivity index is 2.11. The first-order chi connectivity index (χ1) is 8.31. The lowest BCUT2D eigenvalue weighted by atomic mass is 9.90. The molecule has 17 heavy (non-hydrogen) atoms. The Labute approximate surface area is 101 Å². The summed E-state index contributed by atoms with van der Waals surface area (Å²) < 4.78 is 4.54. The molecule has 0 atom stereocenters. The molecule has 1 aliphatic carbocycles. The molecule has 1 aliphatic rings. The lowest BCUT2D eigenvalue weighted by Crippen LogP contribution is -2.06. The number of fused-ring (bicyclic) bond motifs is 1. The minimum atomic E-state index is -0.345. The van der Waals surface area contributed by atoms with Gasteiger partial charge < -0.3 is 10.1 Å². The first-order valence-corrected chi connectivity index (χ1v) is 5.93. The van der Waals surface area contributed by atoms with E-state index >= 15 is 0 Å². The average molecular weight is 231 g/mol. The molecule has 0 amide bonds. The van der Waals surface area contributed by atoms with E-state index in [1.807, 2.05) is 6.07 Å². The number of hydrogen-bond acceptors (Lipinski definition) is 3. The number of hydrogen-bond donors (Lipinski definition) is 1. The maximum absolute atomic E-state index is 10.9. The van der Waals surface area contributed by atoms with Crippen molar-refractivity contribution < 1.29 is 9.53 Å². The molecule has 1 aromatic carbocycles. The molecule has 2 rings (SSSR count). The normalized spacial score (nSPS) is 14.4. The second-order valence-electron chi connectivity index (χ2n) is 4.15. The molecule has 1 aromatic rings. The Kier molecular flexibility index (Phi) is 3.81. The summed E-state index contributed by atoms with van der Waals surface area (Å²) >= 11 is 0. The number of carbonyl (C=O) groups is 1. The number of esters is 1. The quantitative estimate of drug-likeness (QED) is 0.642. The van der Waals surface area contributed by atoms with Gasteiger partial charge in [0.1, 0.15) is 0 Å². The van der Waals surface area contributed by atoms with Gasteiger partial charge in [0.25, 0.3) is 0 Å². The predicted octanol–water partition coefficient (Wildman–Crippen LogP) is 2.66. The summed E-state index contributed by atoms with van der Waals surface area (Å²) in [5, 5.41) is 3.16. The molecule has 0 aromatic heterocycles. The smallest absolute Gasteiger partial charge is 0.331 e. The van der Waals surface area contributed by atoms with E-state index in [9.17, 15) is 4.79 Å². The number of rotatable bonds is 3. The van der Waals surface area contributed by atoms with Crippen LogP contribution in [0.1, 0.15) is 24.0 Å². The fraction of sp³-hybridized carbons (Fsp3) is 0.357. The van der Waals surface area contributed by atoms with Crippen molar-refractivity contribution in [2.45, 2.75) is 25.7 Å². The van der Waals surface area contributed by atoms with Crippen molar-refractivity contribution in [3.8, 4) is 0 Å². The minimum Gasteiger partial charge on any atom is -0.466 e. The summed E-state index contributed by atoms with van der Waals surface area (Å²) in [6.07, 6.45) is 7.81. The highest BCUT2D eigenvalue weighted by atomic mass is 16.5. The van der Waals surface area contributed by atoms with Crippen molar-refractivity contribution in [2.24, 2.45) is 0 Å². The molecule has 0 fully saturated rings. The van der Waals surface area contributed by atoms with Crippen molar-refractivity contribution in [1.82, 2.24) is 0 Å². The molecule has 0 radical (unpaired) electrons. The third kappa shape index (κ3) is 2.87. The van der Waals surface area contributed by atoms with Crippen molar-refractivity contribution in [2.75, 3.05) is 12.4 Å². The zero-order valence-electron chi connectivity index (χ0n) is 10.0. The number of methoxy groups -OCH3 is 1. The SMILES string of the molecule is COC(=O)/C=C/Nc1cccc2c1CCCC2. The maximum atomic E-state index is 10.9. The predicted molar refractivity (Wildman–Crippen MR) is 67.9 cm³/mol. The molecule has 0 spiro atoms. The molecule has 3 nitrogen and oxygen atoms in total. The highest BCUT2D eigenvalue weighted by Crippen LogP contribution is 2.27. The van der Waals surface area contributed by atoms with Crippen molar-refractivity contribution in [1.29, 1.82) is 0 Å². The molecule has 0 saturated heterocycles. The summed E-state index contributed by atoms with van der Waals surface area (Å²) in [4.78, 5) is 10.9. The number of nitrogens with one attached hydrogen (secondary N) is 1. The molecular weight excluding hydrogens is 214 g/mol. The van der Waals surface area contributed by atoms with Crippen LogP contribution in [-0.2, 0) is 22.4 Å². The Morgan fingerprint density at radius 1 is 1.35 bits per heavy atom. The van der Waals surface area contributed by atoms with Crippen molar-refractivity contribution >= 4 is 11.7 Å². The van der Waals surface area contributed by atoms with E-state index in [2.05, 4.69) is 22.2 Å². The van der Waals surface area contributed by atoms with Crippen LogP contribution in [0.3, 0.4) is 0 Å². The summed E-state index contributed by atoms with van der Waals surface area (Å²) in [5.74, 6) is -0.345. The van der Waals surface area contributed by atoms with Crippen LogP contribution in [0.25, 0.3) is 0 Å². The van der Waals surface area contributed by atoms with Gasteiger partial charge in [-0.05, 0) is 42.9 Å². The summed E-state index contributed by atoms with van der Waals surface area (Å²) in [6.45, 7) is 0. The number of benzene rings is 1. The van der Waals surface area contributed by atoms with Crippen LogP contribution >= 0.6 is 0 Å². The fourth-order valence-electron chi connectivity index (χ4n) is 2.18. The van der Waals surface area contributed by atoms with E-state index in [0.717, 1.165) is 18.5 Å². The molecular formula is C14H17NO2. The number of ether oxygens (including phenoxy) is 1. The van der Waals surface area contributed by atoms with Gasteiger partial charge in [0, 0.05) is 18.0 Å². The third-order valence-electron chi connectivity index (χ3n) is 3.06. The Morgan fingerprint density at radius 2 is 2.18 bits per heavy atom. The van der Waals surface area contributed by atoms with Crippen LogP contribution in [0.2, 0.25) is 0 Å². The van der Waals surface area contributed by atoms with Crippen LogP contribution in [-0.4, -0.2) is 13.1 Å². The topological polar surface area (TPSA) is 38.3 Å². The van der Waals surface area contributed by atoms with Gasteiger partial charge in [0.2, 0.25) is 0 Å². The van der Waals surface area contributed by atoms with Gasteiger partial charge in [-0.3, -0.25) is 0 Å². The Morgan fingerprint density at radius 3 is 3.00 bits per heavy atom. The first-order valence-electron chi connectivity index (χ1n) is 5.93. The van der Waals surface area contributed by atoms with Crippen LogP contribution < -0.4 is 5.32 Å². The number of aryl methyl sites for hydroxylation is 1. The highest BCUT2D eigenvalue weighted by molar-refractivity contribution is 5.82. The summed E-state index contributed by atoms with van der Waals surface area (Å²) in [7, 11) is 1.37. The van der Waals surface area contributed by atoms with Gasteiger partial charge in [0.15, 0.2) is 0 Å². The zero-order chi connectivity index (χ0) is 12.1. The number of carbonyl (C=O) groups excluding carboxylic acids is 1. The summed E-state index contributed by atoms with van der Waals surface area (Å²) in [6, 6.07) is 6.29. The van der Waals surface area contributed by atoms with E-state index < -0.39 is 0 Å². The Bertz CT molecular complexity index is 438. The molecule has 0 saturated carbocycles. The van der Waals surface area contributed by atoms with Gasteiger partial charge in [-0.15, -0.1) is 0 Å². The minimum absolute atomic E-state index is 0.345. The molecule has 3 heteroatoms. The average Bonchev–Trinajstić information content (AvgIpc) is 2.39. The molecule has 0 unspecified atom stereocenters. The van der Waals surface area contributed by atoms with Gasteiger partial charge in [-0.25, -0.2) is 4.79 Å². The van der Waals surface area contributed by atoms with Crippen LogP contribution in [0, 0.1) is 0 Å². The lowest BCUT2D eigenvalue weighted by Gasteiger charge is -2.18. The van der Waals surface area contributed by atoms with Crippen LogP contribution in [0.15, 0.2) is 30.5 Å². The molecule has 0 aliphatic heterocycles. The molecule has 0 bridgehead atoms. The third-order valence-corrected chi connectivity index (χ3v) is 3.06. The van der Waals surface area contributed by atoms with Crippen molar-refractivity contribution in [3.05, 3.63) is 41.6 Å². The van der Waals surface area contributed by atoms with E-state index in [4.69, 9.17) is 0 Å². The van der Waals surface area contributed by atoms with E-state index in [0.29, 0.717) is 0 Å². The van der Waals surface area contributed by atoms with Gasteiger partial charge in [-0.2, -0.15) is 0 Å². The van der Waals surface area contributed by atoms with E-state index in [1.165, 1.54) is 37.2 Å². The fourth-order valence-corrected chi connectivity index (χ4v) is 2.18. The first kappa shape index (κ1) is 11.7. The van der Waals surface area contributed by atoms with Gasteiger partial charge in [-0.1, -0.05) is 12.1 Å². The molecule has 1 N–H and O–H groups in total. The lowest BCUT2D eigenvalue weighted by molar-refractivity contribution is -0.134. The summed E-state index contributed by atoms with van der Waals surface area (Å²) in [5.41, 5.74) is 3.91. The second kappa shape index (κ2) is 5.53. The monoisotopic (exact) mass is 231 g/mol. The van der Waals surface area contributed by atoms with Crippen LogP contribution in [0.4, 0.5) is 5.69 Å². The number of anilines is 1. The Hall–Kier alpha value is -1.77. The zero-order valence-corrected chi connectivity index (χ0v) is 10.0. The van der Waals surface area contributed by atoms with E-state index in [-0.39, 0.29) is 5.97 Å². The maximum Gasteiger partial charge on any atom is 0.331 e. The molecule has 0 heterocycles. The molecule has 90 valence electrons. The van der Waals surface area contributed by atoms with Gasteiger partial charge >= 0.3 is 5.97 Å². The van der Waals surface area contributed by atoms with Gasteiger partial charge in [0.05, 0.1) is 7.11 Å². The van der Waals surface area contributed by atoms with Crippen LogP contribution in [0.5, 0.6) is 0 Å². The standard InChI is InChI=1S/C14H17NO2/c1-17-14(16)9-10-15-13-8-4-6-11-5-2-3-7-12(11)13/h4,6,8-10,15H,2-3,5,7H2,1H3/b10-9+. The highest BCUT2D eigenvalue weighted by Gasteiger charge is 2.11. The van der Waals surface area contributed by atoms with Crippen molar-refractivity contribution in [3.63, 3.8) is 0 Å². The largest absolute Gasteiger partial charge is 0.466 e. The van der Waals surface area contributed by atoms with E-state index in [1.54, 1.807) is 6.20 Å².